The molecule has 0 aliphatic carbocycles. The first-order chi connectivity index (χ1) is 8.11. The topological polar surface area (TPSA) is 44.1 Å². The van der Waals surface area contributed by atoms with Crippen LogP contribution in [0.4, 0.5) is 0 Å². The predicted octanol–water partition coefficient (Wildman–Crippen LogP) is 3.34. The van der Waals surface area contributed by atoms with Crippen molar-refractivity contribution < 1.29 is 4.79 Å². The average molecular weight is 358 g/mol. The molecule has 1 heterocycles. The molecule has 0 saturated carbocycles. The highest BCUT2D eigenvalue weighted by atomic mass is 79.9. The van der Waals surface area contributed by atoms with Gasteiger partial charge in [0, 0.05) is 21.1 Å². The van der Waals surface area contributed by atoms with Crippen LogP contribution in [0.1, 0.15) is 23.2 Å². The molecule has 1 amide bonds. The van der Waals surface area contributed by atoms with E-state index in [1.54, 1.807) is 17.0 Å². The summed E-state index contributed by atoms with van der Waals surface area (Å²) in [6.07, 6.45) is 1.68. The van der Waals surface area contributed by atoms with E-state index in [4.69, 9.17) is 5.26 Å². The smallest absolute Gasteiger partial charge is 0.255 e. The normalized spacial score (nSPS) is 19.1. The van der Waals surface area contributed by atoms with E-state index in [-0.39, 0.29) is 11.9 Å². The van der Waals surface area contributed by atoms with Crippen molar-refractivity contribution in [3.63, 3.8) is 0 Å². The molecule has 0 spiro atoms. The highest BCUT2D eigenvalue weighted by Crippen LogP contribution is 2.24. The quantitative estimate of drug-likeness (QED) is 0.773. The number of nitrogens with zero attached hydrogens (tertiary/aromatic N) is 2. The number of carbonyl (C=O) groups excluding carboxylic acids is 1. The highest BCUT2D eigenvalue weighted by molar-refractivity contribution is 9.11. The van der Waals surface area contributed by atoms with E-state index < -0.39 is 0 Å². The summed E-state index contributed by atoms with van der Waals surface area (Å²) >= 11 is 6.71. The molecule has 1 saturated heterocycles. The summed E-state index contributed by atoms with van der Waals surface area (Å²) in [7, 11) is 0. The average Bonchev–Trinajstić information content (AvgIpc) is 2.74. The summed E-state index contributed by atoms with van der Waals surface area (Å²) in [4.78, 5) is 13.9. The zero-order chi connectivity index (χ0) is 12.4. The fourth-order valence-corrected chi connectivity index (χ4v) is 3.28. The Bertz CT molecular complexity index is 476. The number of benzene rings is 1. The van der Waals surface area contributed by atoms with Gasteiger partial charge in [-0.25, -0.2) is 0 Å². The molecule has 1 fully saturated rings. The molecule has 2 rings (SSSR count). The van der Waals surface area contributed by atoms with Crippen molar-refractivity contribution in [3.8, 4) is 6.07 Å². The molecule has 0 radical (unpaired) electrons. The van der Waals surface area contributed by atoms with Gasteiger partial charge in [-0.1, -0.05) is 31.9 Å². The molecule has 1 aliphatic rings. The molecule has 1 aromatic rings. The van der Waals surface area contributed by atoms with Gasteiger partial charge >= 0.3 is 0 Å². The number of hydrogen-bond donors (Lipinski definition) is 0. The second-order valence-electron chi connectivity index (χ2n) is 3.94. The minimum absolute atomic E-state index is 0.0731. The van der Waals surface area contributed by atoms with Gasteiger partial charge < -0.3 is 4.90 Å². The van der Waals surface area contributed by atoms with E-state index in [0.29, 0.717) is 12.1 Å². The molecule has 1 aliphatic heterocycles. The first kappa shape index (κ1) is 12.6. The fourth-order valence-electron chi connectivity index (χ4n) is 1.99. The lowest BCUT2D eigenvalue weighted by atomic mass is 10.2. The van der Waals surface area contributed by atoms with Crippen LogP contribution >= 0.6 is 31.9 Å². The summed E-state index contributed by atoms with van der Waals surface area (Å²) in [6.45, 7) is 0.668. The lowest BCUT2D eigenvalue weighted by Gasteiger charge is -2.19. The molecular formula is C12H10Br2N2O. The van der Waals surface area contributed by atoms with Gasteiger partial charge in [-0.2, -0.15) is 5.26 Å². The Morgan fingerprint density at radius 2 is 2.00 bits per heavy atom. The molecule has 3 nitrogen and oxygen atoms in total. The van der Waals surface area contributed by atoms with E-state index in [9.17, 15) is 4.79 Å². The van der Waals surface area contributed by atoms with Gasteiger partial charge in [-0.3, -0.25) is 4.79 Å². The predicted molar refractivity (Wildman–Crippen MR) is 71.5 cm³/mol. The van der Waals surface area contributed by atoms with E-state index in [1.165, 1.54) is 0 Å². The standard InChI is InChI=1S/C12H10Br2N2O/c13-9-4-8(5-10(14)6-9)12(17)16-3-1-2-11(16)7-15/h4-6,11H,1-3H2. The molecule has 0 N–H and O–H groups in total. The highest BCUT2D eigenvalue weighted by Gasteiger charge is 2.29. The van der Waals surface area contributed by atoms with E-state index in [0.717, 1.165) is 21.8 Å². The zero-order valence-electron chi connectivity index (χ0n) is 8.99. The van der Waals surface area contributed by atoms with Crippen LogP contribution in [0.25, 0.3) is 0 Å². The molecule has 5 heteroatoms. The lowest BCUT2D eigenvalue weighted by Crippen LogP contribution is -2.34. The second-order valence-corrected chi connectivity index (χ2v) is 5.78. The maximum atomic E-state index is 12.3. The Labute approximate surface area is 117 Å². The molecule has 17 heavy (non-hydrogen) atoms. The first-order valence-electron chi connectivity index (χ1n) is 5.28. The van der Waals surface area contributed by atoms with Crippen LogP contribution in [0, 0.1) is 11.3 Å². The van der Waals surface area contributed by atoms with Crippen molar-refractivity contribution in [1.82, 2.24) is 4.90 Å². The number of hydrogen-bond acceptors (Lipinski definition) is 2. The molecule has 0 aromatic heterocycles. The number of nitriles is 1. The van der Waals surface area contributed by atoms with Crippen molar-refractivity contribution in [2.24, 2.45) is 0 Å². The van der Waals surface area contributed by atoms with Crippen molar-refractivity contribution in [2.75, 3.05) is 6.54 Å². The summed E-state index contributed by atoms with van der Waals surface area (Å²) in [5, 5.41) is 8.98. The van der Waals surface area contributed by atoms with Crippen LogP contribution in [-0.4, -0.2) is 23.4 Å². The number of likely N-dealkylation sites (tertiary alicyclic amines) is 1. The summed E-state index contributed by atoms with van der Waals surface area (Å²) in [5.74, 6) is -0.0731. The van der Waals surface area contributed by atoms with Crippen molar-refractivity contribution >= 4 is 37.8 Å². The van der Waals surface area contributed by atoms with Crippen molar-refractivity contribution in [2.45, 2.75) is 18.9 Å². The zero-order valence-corrected chi connectivity index (χ0v) is 12.2. The van der Waals surface area contributed by atoms with Crippen molar-refractivity contribution in [3.05, 3.63) is 32.7 Å². The minimum atomic E-state index is -0.278. The third-order valence-corrected chi connectivity index (χ3v) is 3.69. The van der Waals surface area contributed by atoms with Crippen LogP contribution in [-0.2, 0) is 0 Å². The van der Waals surface area contributed by atoms with E-state index in [1.807, 2.05) is 6.07 Å². The molecular weight excluding hydrogens is 348 g/mol. The molecule has 1 aromatic carbocycles. The van der Waals surface area contributed by atoms with Gasteiger partial charge in [0.25, 0.3) is 5.91 Å². The van der Waals surface area contributed by atoms with Gasteiger partial charge in [0.05, 0.1) is 6.07 Å². The Hall–Kier alpha value is -0.860. The Morgan fingerprint density at radius 3 is 2.59 bits per heavy atom. The van der Waals surface area contributed by atoms with Crippen LogP contribution < -0.4 is 0 Å². The third-order valence-electron chi connectivity index (χ3n) is 2.77. The maximum Gasteiger partial charge on any atom is 0.255 e. The number of rotatable bonds is 1. The molecule has 1 atom stereocenters. The molecule has 1 unspecified atom stereocenters. The maximum absolute atomic E-state index is 12.3. The van der Waals surface area contributed by atoms with Crippen LogP contribution in [0.3, 0.4) is 0 Å². The summed E-state index contributed by atoms with van der Waals surface area (Å²) < 4.78 is 1.70. The Balaban J connectivity index is 2.28. The van der Waals surface area contributed by atoms with Crippen LogP contribution in [0.5, 0.6) is 0 Å². The number of carbonyl (C=O) groups is 1. The van der Waals surface area contributed by atoms with E-state index >= 15 is 0 Å². The molecule has 0 bridgehead atoms. The third kappa shape index (κ3) is 2.70. The van der Waals surface area contributed by atoms with Gasteiger partial charge in [0.1, 0.15) is 6.04 Å². The Morgan fingerprint density at radius 1 is 1.35 bits per heavy atom. The first-order valence-corrected chi connectivity index (χ1v) is 6.87. The van der Waals surface area contributed by atoms with Gasteiger partial charge in [0.15, 0.2) is 0 Å². The Kier molecular flexibility index (Phi) is 3.85. The summed E-state index contributed by atoms with van der Waals surface area (Å²) in [5.41, 5.74) is 0.605. The second kappa shape index (κ2) is 5.19. The van der Waals surface area contributed by atoms with Crippen LogP contribution in [0.15, 0.2) is 27.1 Å². The van der Waals surface area contributed by atoms with Crippen LogP contribution in [0.2, 0.25) is 0 Å². The molecule has 88 valence electrons. The summed E-state index contributed by atoms with van der Waals surface area (Å²) in [6, 6.07) is 7.33. The van der Waals surface area contributed by atoms with Crippen molar-refractivity contribution in [1.29, 1.82) is 5.26 Å². The number of halogens is 2. The van der Waals surface area contributed by atoms with E-state index in [2.05, 4.69) is 37.9 Å². The minimum Gasteiger partial charge on any atom is -0.323 e. The largest absolute Gasteiger partial charge is 0.323 e. The van der Waals surface area contributed by atoms with Gasteiger partial charge in [0.2, 0.25) is 0 Å². The monoisotopic (exact) mass is 356 g/mol. The van der Waals surface area contributed by atoms with Gasteiger partial charge in [-0.05, 0) is 31.0 Å². The van der Waals surface area contributed by atoms with Gasteiger partial charge in [-0.15, -0.1) is 0 Å². The SMILES string of the molecule is N#CC1CCCN1C(=O)c1cc(Br)cc(Br)c1. The number of amides is 1. The fraction of sp³-hybridized carbons (Fsp3) is 0.333. The lowest BCUT2D eigenvalue weighted by molar-refractivity contribution is 0.0764.